The first-order valence-corrected chi connectivity index (χ1v) is 7.88. The topological polar surface area (TPSA) is 68.0 Å². The van der Waals surface area contributed by atoms with E-state index in [2.05, 4.69) is 10.1 Å². The number of aryl methyl sites for hydroxylation is 2. The molecule has 1 atom stereocenters. The molecule has 1 fully saturated rings. The maximum atomic E-state index is 11.0. The summed E-state index contributed by atoms with van der Waals surface area (Å²) in [5.41, 5.74) is 0. The molecule has 0 spiro atoms. The molecule has 1 aromatic rings. The van der Waals surface area contributed by atoms with Crippen LogP contribution < -0.4 is 0 Å². The Labute approximate surface area is 119 Å². The summed E-state index contributed by atoms with van der Waals surface area (Å²) in [5.74, 6) is 1.64. The van der Waals surface area contributed by atoms with Crippen LogP contribution >= 0.6 is 0 Å². The number of aromatic nitrogens is 3. The third kappa shape index (κ3) is 3.02. The van der Waals surface area contributed by atoms with E-state index in [9.17, 15) is 4.79 Å². The van der Waals surface area contributed by atoms with Crippen molar-refractivity contribution in [2.24, 2.45) is 11.8 Å². The van der Waals surface area contributed by atoms with Crippen LogP contribution in [0.1, 0.15) is 56.6 Å². The van der Waals surface area contributed by atoms with Crippen molar-refractivity contribution in [1.82, 2.24) is 14.8 Å². The van der Waals surface area contributed by atoms with Gasteiger partial charge in [0.1, 0.15) is 5.82 Å². The van der Waals surface area contributed by atoms with Crippen molar-refractivity contribution in [3.63, 3.8) is 0 Å². The largest absolute Gasteiger partial charge is 0.481 e. The van der Waals surface area contributed by atoms with Crippen LogP contribution in [0.5, 0.6) is 0 Å². The van der Waals surface area contributed by atoms with E-state index in [1.807, 2.05) is 4.68 Å². The normalized spacial score (nSPS) is 23.5. The van der Waals surface area contributed by atoms with Crippen molar-refractivity contribution < 1.29 is 9.90 Å². The number of fused-ring (bicyclic) bond motifs is 1. The van der Waals surface area contributed by atoms with E-state index in [0.29, 0.717) is 19.4 Å². The molecule has 1 saturated carbocycles. The molecule has 2 heterocycles. The third-order valence-electron chi connectivity index (χ3n) is 4.76. The summed E-state index contributed by atoms with van der Waals surface area (Å²) in [5, 5.41) is 13.6. The van der Waals surface area contributed by atoms with Gasteiger partial charge in [-0.3, -0.25) is 4.79 Å². The monoisotopic (exact) mass is 277 g/mol. The zero-order valence-corrected chi connectivity index (χ0v) is 11.9. The molecule has 0 radical (unpaired) electrons. The van der Waals surface area contributed by atoms with Crippen LogP contribution in [0, 0.1) is 11.8 Å². The molecule has 5 nitrogen and oxygen atoms in total. The van der Waals surface area contributed by atoms with Crippen LogP contribution in [0.25, 0.3) is 0 Å². The average molecular weight is 277 g/mol. The van der Waals surface area contributed by atoms with Crippen molar-refractivity contribution in [3.8, 4) is 0 Å². The van der Waals surface area contributed by atoms with Gasteiger partial charge < -0.3 is 5.11 Å². The van der Waals surface area contributed by atoms with E-state index in [1.165, 1.54) is 38.5 Å². The third-order valence-corrected chi connectivity index (χ3v) is 4.76. The molecule has 20 heavy (non-hydrogen) atoms. The van der Waals surface area contributed by atoms with Crippen LogP contribution in [0.4, 0.5) is 0 Å². The summed E-state index contributed by atoms with van der Waals surface area (Å²) >= 11 is 0. The zero-order chi connectivity index (χ0) is 13.9. The maximum Gasteiger partial charge on any atom is 0.307 e. The number of hydrogen-bond acceptors (Lipinski definition) is 3. The molecule has 0 bridgehead atoms. The zero-order valence-electron chi connectivity index (χ0n) is 11.9. The molecule has 1 aliphatic heterocycles. The summed E-state index contributed by atoms with van der Waals surface area (Å²) < 4.78 is 1.91. The Hall–Kier alpha value is -1.39. The van der Waals surface area contributed by atoms with E-state index in [0.717, 1.165) is 24.0 Å². The van der Waals surface area contributed by atoms with Gasteiger partial charge in [0.2, 0.25) is 0 Å². The Bertz CT molecular complexity index is 477. The van der Waals surface area contributed by atoms with E-state index in [-0.39, 0.29) is 5.92 Å². The van der Waals surface area contributed by atoms with Gasteiger partial charge in [0.05, 0.1) is 5.92 Å². The minimum atomic E-state index is -0.706. The highest BCUT2D eigenvalue weighted by atomic mass is 16.4. The molecule has 0 saturated heterocycles. The fraction of sp³-hybridized carbons (Fsp3) is 0.800. The molecule has 1 unspecified atom stereocenters. The second-order valence-electron chi connectivity index (χ2n) is 6.24. The summed E-state index contributed by atoms with van der Waals surface area (Å²) in [4.78, 5) is 15.6. The molecule has 110 valence electrons. The first kappa shape index (κ1) is 13.6. The van der Waals surface area contributed by atoms with Crippen molar-refractivity contribution in [1.29, 1.82) is 0 Å². The summed E-state index contributed by atoms with van der Waals surface area (Å²) in [6.07, 6.45) is 10.2. The average Bonchev–Trinajstić information content (AvgIpc) is 2.88. The van der Waals surface area contributed by atoms with Gasteiger partial charge in [-0.15, -0.1) is 0 Å². The van der Waals surface area contributed by atoms with Crippen molar-refractivity contribution in [3.05, 3.63) is 11.6 Å². The number of nitrogens with zero attached hydrogens (tertiary/aromatic N) is 3. The highest BCUT2D eigenvalue weighted by Gasteiger charge is 2.26. The predicted molar refractivity (Wildman–Crippen MR) is 74.4 cm³/mol. The van der Waals surface area contributed by atoms with Gasteiger partial charge >= 0.3 is 5.97 Å². The fourth-order valence-electron chi connectivity index (χ4n) is 3.48. The molecular weight excluding hydrogens is 254 g/mol. The molecule has 2 aliphatic rings. The van der Waals surface area contributed by atoms with Crippen LogP contribution in [-0.2, 0) is 24.2 Å². The summed E-state index contributed by atoms with van der Waals surface area (Å²) in [6.45, 7) is 0.697. The van der Waals surface area contributed by atoms with Crippen LogP contribution in [0.15, 0.2) is 0 Å². The molecule has 0 aromatic carbocycles. The van der Waals surface area contributed by atoms with Gasteiger partial charge in [-0.2, -0.15) is 5.10 Å². The lowest BCUT2D eigenvalue weighted by Gasteiger charge is -2.20. The second-order valence-corrected chi connectivity index (χ2v) is 6.24. The number of carbonyl (C=O) groups is 1. The van der Waals surface area contributed by atoms with Crippen molar-refractivity contribution >= 4 is 5.97 Å². The Balaban J connectivity index is 1.57. The summed E-state index contributed by atoms with van der Waals surface area (Å²) in [7, 11) is 0. The quantitative estimate of drug-likeness (QED) is 0.917. The van der Waals surface area contributed by atoms with Gasteiger partial charge in [-0.25, -0.2) is 9.67 Å². The smallest absolute Gasteiger partial charge is 0.307 e. The van der Waals surface area contributed by atoms with E-state index < -0.39 is 5.97 Å². The van der Waals surface area contributed by atoms with Gasteiger partial charge in [-0.05, 0) is 18.8 Å². The van der Waals surface area contributed by atoms with E-state index in [1.54, 1.807) is 0 Å². The van der Waals surface area contributed by atoms with Crippen LogP contribution in [0.3, 0.4) is 0 Å². The maximum absolute atomic E-state index is 11.0. The molecule has 3 rings (SSSR count). The molecule has 1 aromatic heterocycles. The second kappa shape index (κ2) is 5.94. The number of hydrogen-bond donors (Lipinski definition) is 1. The van der Waals surface area contributed by atoms with Crippen molar-refractivity contribution in [2.75, 3.05) is 0 Å². The Kier molecular flexibility index (Phi) is 4.03. The molecule has 1 N–H and O–H groups in total. The lowest BCUT2D eigenvalue weighted by molar-refractivity contribution is -0.142. The van der Waals surface area contributed by atoms with Crippen LogP contribution in [0.2, 0.25) is 0 Å². The Morgan fingerprint density at radius 3 is 2.80 bits per heavy atom. The fourth-order valence-corrected chi connectivity index (χ4v) is 3.48. The SMILES string of the molecule is O=C(O)C1CCn2nc(CCC3CCCCC3)nc2C1. The Morgan fingerprint density at radius 1 is 1.25 bits per heavy atom. The minimum absolute atomic E-state index is 0.280. The number of carboxylic acid groups (broad SMARTS) is 1. The molecule has 5 heteroatoms. The molecule has 0 amide bonds. The van der Waals surface area contributed by atoms with Crippen LogP contribution in [-0.4, -0.2) is 25.8 Å². The number of carboxylic acids is 1. The van der Waals surface area contributed by atoms with Gasteiger partial charge in [0.25, 0.3) is 0 Å². The lowest BCUT2D eigenvalue weighted by atomic mass is 9.86. The highest BCUT2D eigenvalue weighted by molar-refractivity contribution is 5.70. The van der Waals surface area contributed by atoms with Gasteiger partial charge in [0.15, 0.2) is 5.82 Å². The van der Waals surface area contributed by atoms with E-state index in [4.69, 9.17) is 5.11 Å². The number of rotatable bonds is 4. The first-order valence-electron chi connectivity index (χ1n) is 7.88. The number of aliphatic carboxylic acids is 1. The van der Waals surface area contributed by atoms with E-state index >= 15 is 0 Å². The van der Waals surface area contributed by atoms with Crippen molar-refractivity contribution in [2.45, 2.75) is 64.3 Å². The van der Waals surface area contributed by atoms with Gasteiger partial charge in [0, 0.05) is 19.4 Å². The lowest BCUT2D eigenvalue weighted by Crippen LogP contribution is -2.26. The molecular formula is C15H23N3O2. The highest BCUT2D eigenvalue weighted by Crippen LogP contribution is 2.27. The standard InChI is InChI=1S/C15H23N3O2/c19-15(20)12-8-9-18-14(10-12)16-13(17-18)7-6-11-4-2-1-3-5-11/h11-12H,1-10H2,(H,19,20). The minimum Gasteiger partial charge on any atom is -0.481 e. The Morgan fingerprint density at radius 2 is 2.05 bits per heavy atom. The van der Waals surface area contributed by atoms with Gasteiger partial charge in [-0.1, -0.05) is 32.1 Å². The predicted octanol–water partition coefficient (Wildman–Crippen LogP) is 2.44. The summed E-state index contributed by atoms with van der Waals surface area (Å²) in [6, 6.07) is 0. The molecule has 1 aliphatic carbocycles. The first-order chi connectivity index (χ1) is 9.72.